The molecule has 2 aromatic rings. The van der Waals surface area contributed by atoms with Gasteiger partial charge in [0, 0.05) is 9.64 Å². The van der Waals surface area contributed by atoms with Crippen LogP contribution in [-0.4, -0.2) is 19.9 Å². The highest BCUT2D eigenvalue weighted by Crippen LogP contribution is 1.99. The summed E-state index contributed by atoms with van der Waals surface area (Å²) in [7, 11) is 0. The van der Waals surface area contributed by atoms with Crippen molar-refractivity contribution in [2.45, 2.75) is 13.5 Å². The highest BCUT2D eigenvalue weighted by atomic mass is 127. The zero-order valence-corrected chi connectivity index (χ0v) is 10.0. The Morgan fingerprint density at radius 1 is 1.60 bits per heavy atom. The smallest absolute Gasteiger partial charge is 0.268 e. The number of nitrogens with zero attached hydrogens (tertiary/aromatic N) is 4. The van der Waals surface area contributed by atoms with Crippen LogP contribution in [0.15, 0.2) is 21.6 Å². The number of halogens is 1. The van der Waals surface area contributed by atoms with Crippen LogP contribution in [0.1, 0.15) is 11.7 Å². The zero-order valence-electron chi connectivity index (χ0n) is 7.85. The number of hydrogen-bond acceptors (Lipinski definition) is 5. The summed E-state index contributed by atoms with van der Waals surface area (Å²) < 4.78 is 6.97. The molecular weight excluding hydrogens is 311 g/mol. The first-order valence-electron chi connectivity index (χ1n) is 4.17. The lowest BCUT2D eigenvalue weighted by Gasteiger charge is -1.98. The second-order valence-electron chi connectivity index (χ2n) is 2.91. The molecule has 0 spiro atoms. The Labute approximate surface area is 98.4 Å². The Morgan fingerprint density at radius 2 is 2.40 bits per heavy atom. The summed E-state index contributed by atoms with van der Waals surface area (Å²) in [5.74, 6) is 0.923. The van der Waals surface area contributed by atoms with E-state index in [-0.39, 0.29) is 12.1 Å². The van der Waals surface area contributed by atoms with E-state index in [9.17, 15) is 4.79 Å². The Hall–Kier alpha value is -1.25. The molecule has 0 saturated heterocycles. The van der Waals surface area contributed by atoms with Gasteiger partial charge in [0.2, 0.25) is 5.89 Å². The molecule has 2 rings (SSSR count). The number of rotatable bonds is 2. The Morgan fingerprint density at radius 3 is 3.00 bits per heavy atom. The van der Waals surface area contributed by atoms with E-state index in [0.717, 1.165) is 3.57 Å². The van der Waals surface area contributed by atoms with Crippen LogP contribution < -0.4 is 5.56 Å². The summed E-state index contributed by atoms with van der Waals surface area (Å²) in [6.45, 7) is 1.92. The largest absolute Gasteiger partial charge is 0.337 e. The van der Waals surface area contributed by atoms with Crippen molar-refractivity contribution in [1.29, 1.82) is 0 Å². The van der Waals surface area contributed by atoms with Crippen molar-refractivity contribution >= 4 is 22.6 Å². The monoisotopic (exact) mass is 318 g/mol. The molecule has 0 aliphatic heterocycles. The standard InChI is InChI=1S/C8H7IN4O2/c1-5-11-7(15-12-5)4-13-8(14)2-6(9)3-10-13/h2-3H,4H2,1H3. The molecule has 0 aliphatic carbocycles. The Bertz CT molecular complexity index is 533. The lowest BCUT2D eigenvalue weighted by molar-refractivity contribution is 0.359. The molecule has 0 unspecified atom stereocenters. The van der Waals surface area contributed by atoms with Gasteiger partial charge in [-0.1, -0.05) is 5.16 Å². The molecule has 0 aliphatic rings. The molecule has 6 nitrogen and oxygen atoms in total. The minimum absolute atomic E-state index is 0.183. The van der Waals surface area contributed by atoms with Crippen LogP contribution in [-0.2, 0) is 6.54 Å². The van der Waals surface area contributed by atoms with Crippen molar-refractivity contribution < 1.29 is 4.52 Å². The first-order chi connectivity index (χ1) is 7.15. The van der Waals surface area contributed by atoms with Gasteiger partial charge in [-0.15, -0.1) is 0 Å². The van der Waals surface area contributed by atoms with Gasteiger partial charge in [0.05, 0.1) is 6.20 Å². The quantitative estimate of drug-likeness (QED) is 0.758. The highest BCUT2D eigenvalue weighted by Gasteiger charge is 2.05. The van der Waals surface area contributed by atoms with Crippen LogP contribution in [0.25, 0.3) is 0 Å². The lowest BCUT2D eigenvalue weighted by Crippen LogP contribution is -2.22. The van der Waals surface area contributed by atoms with Gasteiger partial charge in [-0.3, -0.25) is 4.79 Å². The molecule has 2 aromatic heterocycles. The van der Waals surface area contributed by atoms with Gasteiger partial charge >= 0.3 is 0 Å². The van der Waals surface area contributed by atoms with Crippen LogP contribution in [0.2, 0.25) is 0 Å². The second-order valence-corrected chi connectivity index (χ2v) is 4.15. The van der Waals surface area contributed by atoms with E-state index in [1.807, 2.05) is 22.6 Å². The SMILES string of the molecule is Cc1noc(Cn2ncc(I)cc2=O)n1. The van der Waals surface area contributed by atoms with Crippen LogP contribution in [0.4, 0.5) is 0 Å². The van der Waals surface area contributed by atoms with Gasteiger partial charge in [0.1, 0.15) is 6.54 Å². The number of aromatic nitrogens is 4. The predicted molar refractivity (Wildman–Crippen MR) is 59.4 cm³/mol. The van der Waals surface area contributed by atoms with Crippen LogP contribution in [0.5, 0.6) is 0 Å². The van der Waals surface area contributed by atoms with E-state index >= 15 is 0 Å². The molecule has 0 bridgehead atoms. The summed E-state index contributed by atoms with van der Waals surface area (Å²) in [5.41, 5.74) is -0.183. The fraction of sp³-hybridized carbons (Fsp3) is 0.250. The molecule has 15 heavy (non-hydrogen) atoms. The molecule has 0 N–H and O–H groups in total. The van der Waals surface area contributed by atoms with Gasteiger partial charge in [0.15, 0.2) is 5.82 Å². The molecular formula is C8H7IN4O2. The minimum Gasteiger partial charge on any atom is -0.337 e. The topological polar surface area (TPSA) is 73.8 Å². The van der Waals surface area contributed by atoms with E-state index in [0.29, 0.717) is 11.7 Å². The lowest BCUT2D eigenvalue weighted by atomic mass is 10.5. The summed E-state index contributed by atoms with van der Waals surface area (Å²) >= 11 is 2.03. The Balaban J connectivity index is 2.28. The van der Waals surface area contributed by atoms with Crippen LogP contribution in [0, 0.1) is 10.5 Å². The van der Waals surface area contributed by atoms with Crippen LogP contribution >= 0.6 is 22.6 Å². The number of hydrogen-bond donors (Lipinski definition) is 0. The van der Waals surface area contributed by atoms with Crippen molar-refractivity contribution in [2.24, 2.45) is 0 Å². The third kappa shape index (κ3) is 2.41. The van der Waals surface area contributed by atoms with Gasteiger partial charge in [-0.2, -0.15) is 10.1 Å². The first-order valence-corrected chi connectivity index (χ1v) is 5.25. The third-order valence-electron chi connectivity index (χ3n) is 1.69. The average molecular weight is 318 g/mol. The fourth-order valence-corrected chi connectivity index (χ4v) is 1.45. The van der Waals surface area contributed by atoms with Crippen LogP contribution in [0.3, 0.4) is 0 Å². The summed E-state index contributed by atoms with van der Waals surface area (Å²) in [6, 6.07) is 1.50. The Kier molecular flexibility index (Phi) is 2.80. The molecule has 0 saturated carbocycles. The fourth-order valence-electron chi connectivity index (χ4n) is 1.06. The molecule has 0 fully saturated rings. The van der Waals surface area contributed by atoms with E-state index in [1.54, 1.807) is 13.1 Å². The molecule has 0 aromatic carbocycles. The molecule has 2 heterocycles. The van der Waals surface area contributed by atoms with E-state index in [2.05, 4.69) is 15.2 Å². The summed E-state index contributed by atoms with van der Waals surface area (Å²) in [6.07, 6.45) is 1.60. The maximum absolute atomic E-state index is 11.5. The molecule has 0 atom stereocenters. The minimum atomic E-state index is -0.183. The van der Waals surface area contributed by atoms with Gasteiger partial charge < -0.3 is 4.52 Å². The van der Waals surface area contributed by atoms with Crippen molar-refractivity contribution in [3.63, 3.8) is 0 Å². The van der Waals surface area contributed by atoms with Crippen molar-refractivity contribution in [1.82, 2.24) is 19.9 Å². The summed E-state index contributed by atoms with van der Waals surface area (Å²) in [4.78, 5) is 15.4. The number of aryl methyl sites for hydroxylation is 1. The van der Waals surface area contributed by atoms with E-state index in [1.165, 1.54) is 10.7 Å². The average Bonchev–Trinajstić information content (AvgIpc) is 2.56. The highest BCUT2D eigenvalue weighted by molar-refractivity contribution is 14.1. The first kappa shape index (κ1) is 10.3. The zero-order chi connectivity index (χ0) is 10.8. The second kappa shape index (κ2) is 4.09. The maximum atomic E-state index is 11.5. The van der Waals surface area contributed by atoms with E-state index in [4.69, 9.17) is 4.52 Å². The van der Waals surface area contributed by atoms with Gasteiger partial charge in [0.25, 0.3) is 5.56 Å². The van der Waals surface area contributed by atoms with Crippen molar-refractivity contribution in [3.8, 4) is 0 Å². The normalized spacial score (nSPS) is 10.5. The molecule has 0 radical (unpaired) electrons. The maximum Gasteiger partial charge on any atom is 0.268 e. The third-order valence-corrected chi connectivity index (χ3v) is 2.28. The molecule has 78 valence electrons. The van der Waals surface area contributed by atoms with E-state index < -0.39 is 0 Å². The predicted octanol–water partition coefficient (Wildman–Crippen LogP) is 0.588. The summed E-state index contributed by atoms with van der Waals surface area (Å²) in [5, 5.41) is 7.58. The van der Waals surface area contributed by atoms with Gasteiger partial charge in [-0.25, -0.2) is 4.68 Å². The van der Waals surface area contributed by atoms with Gasteiger partial charge in [-0.05, 0) is 29.5 Å². The van der Waals surface area contributed by atoms with Crippen molar-refractivity contribution in [3.05, 3.63) is 37.9 Å². The molecule has 7 heteroatoms. The van der Waals surface area contributed by atoms with Crippen molar-refractivity contribution in [2.75, 3.05) is 0 Å². The molecule has 0 amide bonds.